The lowest BCUT2D eigenvalue weighted by molar-refractivity contribution is -0.137. The maximum atomic E-state index is 12.8. The van der Waals surface area contributed by atoms with E-state index in [1.807, 2.05) is 12.1 Å². The van der Waals surface area contributed by atoms with E-state index < -0.39 is 23.6 Å². The Labute approximate surface area is 191 Å². The largest absolute Gasteiger partial charge is 0.417 e. The van der Waals surface area contributed by atoms with Crippen LogP contribution in [-0.2, 0) is 6.18 Å². The number of fused-ring (bicyclic) bond motifs is 1. The normalized spacial score (nSPS) is 11.6. The molecule has 0 radical (unpaired) electrons. The van der Waals surface area contributed by atoms with Crippen molar-refractivity contribution < 1.29 is 22.8 Å². The smallest absolute Gasteiger partial charge is 0.267 e. The minimum Gasteiger partial charge on any atom is -0.267 e. The van der Waals surface area contributed by atoms with E-state index in [0.29, 0.717) is 17.4 Å². The van der Waals surface area contributed by atoms with E-state index in [-0.39, 0.29) is 23.0 Å². The van der Waals surface area contributed by atoms with Gasteiger partial charge in [0.05, 0.1) is 28.5 Å². The number of nitrogens with one attached hydrogen (secondary N) is 2. The number of amides is 2. The fraction of sp³-hybridized carbons (Fsp3) is 0.174. The molecular weight excluding hydrogens is 449 g/mol. The van der Waals surface area contributed by atoms with E-state index in [0.717, 1.165) is 11.5 Å². The number of carbonyl (C=O) groups is 2. The zero-order valence-corrected chi connectivity index (χ0v) is 18.1. The van der Waals surface area contributed by atoms with Gasteiger partial charge >= 0.3 is 6.18 Å². The lowest BCUT2D eigenvalue weighted by atomic mass is 10.1. The molecule has 0 aliphatic carbocycles. The van der Waals surface area contributed by atoms with Crippen LogP contribution < -0.4 is 10.9 Å². The molecule has 0 aliphatic rings. The second-order valence-corrected chi connectivity index (χ2v) is 7.71. The van der Waals surface area contributed by atoms with E-state index >= 15 is 0 Å². The van der Waals surface area contributed by atoms with Crippen molar-refractivity contribution in [3.63, 3.8) is 0 Å². The Balaban J connectivity index is 1.52. The Morgan fingerprint density at radius 2 is 1.68 bits per heavy atom. The van der Waals surface area contributed by atoms with Gasteiger partial charge < -0.3 is 0 Å². The molecule has 0 unspecified atom stereocenters. The standard InChI is InChI=1S/C23H19F3N6O2/c1-13(2)20-16(12-28-32(20)19-10-8-15(11-27-19)23(24,25)26)21(33)30-31-22(34)18-9-7-14-5-3-4-6-17(14)29-18/h3-13H,1-2H3,(H,30,33)(H,31,34). The number of rotatable bonds is 4. The van der Waals surface area contributed by atoms with Crippen LogP contribution in [0.5, 0.6) is 0 Å². The summed E-state index contributed by atoms with van der Waals surface area (Å²) in [6.07, 6.45) is -2.54. The van der Waals surface area contributed by atoms with Crippen molar-refractivity contribution in [3.8, 4) is 5.82 Å². The summed E-state index contributed by atoms with van der Waals surface area (Å²) in [5.74, 6) is -1.36. The van der Waals surface area contributed by atoms with Crippen molar-refractivity contribution in [2.75, 3.05) is 0 Å². The maximum Gasteiger partial charge on any atom is 0.417 e. The zero-order valence-electron chi connectivity index (χ0n) is 18.1. The average Bonchev–Trinajstić information content (AvgIpc) is 3.27. The van der Waals surface area contributed by atoms with Crippen LogP contribution in [0.1, 0.15) is 51.9 Å². The molecule has 174 valence electrons. The van der Waals surface area contributed by atoms with Crippen molar-refractivity contribution in [2.45, 2.75) is 25.9 Å². The van der Waals surface area contributed by atoms with Crippen LogP contribution >= 0.6 is 0 Å². The molecule has 0 saturated heterocycles. The molecule has 4 rings (SSSR count). The SMILES string of the molecule is CC(C)c1c(C(=O)NNC(=O)c2ccc3ccccc3n2)cnn1-c1ccc(C(F)(F)F)cn1. The third-order valence-electron chi connectivity index (χ3n) is 5.01. The van der Waals surface area contributed by atoms with Gasteiger partial charge in [-0.1, -0.05) is 38.1 Å². The third kappa shape index (κ3) is 4.58. The molecule has 8 nitrogen and oxygen atoms in total. The second kappa shape index (κ2) is 8.93. The highest BCUT2D eigenvalue weighted by molar-refractivity contribution is 5.99. The van der Waals surface area contributed by atoms with Crippen molar-refractivity contribution in [3.05, 3.63) is 83.4 Å². The van der Waals surface area contributed by atoms with Crippen molar-refractivity contribution in [1.82, 2.24) is 30.6 Å². The summed E-state index contributed by atoms with van der Waals surface area (Å²) in [6, 6.07) is 12.6. The fourth-order valence-corrected chi connectivity index (χ4v) is 3.39. The van der Waals surface area contributed by atoms with E-state index in [1.54, 1.807) is 32.0 Å². The monoisotopic (exact) mass is 468 g/mol. The number of alkyl halides is 3. The van der Waals surface area contributed by atoms with Crippen LogP contribution in [0.3, 0.4) is 0 Å². The summed E-state index contributed by atoms with van der Waals surface area (Å²) in [7, 11) is 0. The molecule has 0 fully saturated rings. The van der Waals surface area contributed by atoms with Gasteiger partial charge in [0.25, 0.3) is 11.8 Å². The van der Waals surface area contributed by atoms with Crippen LogP contribution in [-0.4, -0.2) is 31.6 Å². The molecule has 0 saturated carbocycles. The number of hydrogen-bond donors (Lipinski definition) is 2. The van der Waals surface area contributed by atoms with E-state index in [1.165, 1.54) is 23.0 Å². The average molecular weight is 468 g/mol. The Hall–Kier alpha value is -4.28. The maximum absolute atomic E-state index is 12.8. The van der Waals surface area contributed by atoms with Gasteiger partial charge in [0.15, 0.2) is 5.82 Å². The van der Waals surface area contributed by atoms with Gasteiger partial charge in [-0.15, -0.1) is 0 Å². The molecule has 2 N–H and O–H groups in total. The minimum absolute atomic E-state index is 0.118. The van der Waals surface area contributed by atoms with Gasteiger partial charge in [-0.2, -0.15) is 18.3 Å². The first-order valence-corrected chi connectivity index (χ1v) is 10.2. The highest BCUT2D eigenvalue weighted by Crippen LogP contribution is 2.29. The van der Waals surface area contributed by atoms with Crippen molar-refractivity contribution in [1.29, 1.82) is 0 Å². The lowest BCUT2D eigenvalue weighted by Crippen LogP contribution is -2.42. The molecule has 0 spiro atoms. The molecule has 0 aliphatic heterocycles. The molecular formula is C23H19F3N6O2. The van der Waals surface area contributed by atoms with Crippen molar-refractivity contribution in [2.24, 2.45) is 0 Å². The van der Waals surface area contributed by atoms with Crippen LogP contribution in [0, 0.1) is 0 Å². The van der Waals surface area contributed by atoms with Crippen LogP contribution in [0.25, 0.3) is 16.7 Å². The second-order valence-electron chi connectivity index (χ2n) is 7.71. The molecule has 0 bridgehead atoms. The number of aromatic nitrogens is 4. The topological polar surface area (TPSA) is 102 Å². The van der Waals surface area contributed by atoms with Gasteiger partial charge in [0, 0.05) is 11.6 Å². The molecule has 3 aromatic heterocycles. The number of benzene rings is 1. The number of hydrogen-bond acceptors (Lipinski definition) is 5. The summed E-state index contributed by atoms with van der Waals surface area (Å²) in [5, 5.41) is 5.00. The van der Waals surface area contributed by atoms with E-state index in [4.69, 9.17) is 0 Å². The number of nitrogens with zero attached hydrogens (tertiary/aromatic N) is 4. The highest BCUT2D eigenvalue weighted by Gasteiger charge is 2.31. The van der Waals surface area contributed by atoms with Gasteiger partial charge in [-0.3, -0.25) is 20.4 Å². The Bertz CT molecular complexity index is 1360. The predicted octanol–water partition coefficient (Wildman–Crippen LogP) is 4.03. The van der Waals surface area contributed by atoms with Gasteiger partial charge in [0.2, 0.25) is 0 Å². The molecule has 2 amide bonds. The first kappa shape index (κ1) is 22.9. The lowest BCUT2D eigenvalue weighted by Gasteiger charge is -2.13. The fourth-order valence-electron chi connectivity index (χ4n) is 3.39. The summed E-state index contributed by atoms with van der Waals surface area (Å²) in [6.45, 7) is 3.60. The minimum atomic E-state index is -4.51. The Morgan fingerprint density at radius 1 is 0.941 bits per heavy atom. The summed E-state index contributed by atoms with van der Waals surface area (Å²) in [5.41, 5.74) is 5.08. The first-order chi connectivity index (χ1) is 16.1. The molecule has 11 heteroatoms. The molecule has 0 atom stereocenters. The number of carbonyl (C=O) groups excluding carboxylic acids is 2. The van der Waals surface area contributed by atoms with Gasteiger partial charge in [0.1, 0.15) is 5.69 Å². The van der Waals surface area contributed by atoms with Gasteiger partial charge in [-0.05, 0) is 30.2 Å². The molecule has 34 heavy (non-hydrogen) atoms. The first-order valence-electron chi connectivity index (χ1n) is 10.2. The highest BCUT2D eigenvalue weighted by atomic mass is 19.4. The summed E-state index contributed by atoms with van der Waals surface area (Å²) >= 11 is 0. The predicted molar refractivity (Wildman–Crippen MR) is 117 cm³/mol. The number of halogens is 3. The van der Waals surface area contributed by atoms with Gasteiger partial charge in [-0.25, -0.2) is 14.6 Å². The molecule has 1 aromatic carbocycles. The number of hydrazine groups is 1. The summed E-state index contributed by atoms with van der Waals surface area (Å²) in [4.78, 5) is 33.4. The summed E-state index contributed by atoms with van der Waals surface area (Å²) < 4.78 is 39.8. The van der Waals surface area contributed by atoms with Crippen LogP contribution in [0.15, 0.2) is 60.9 Å². The Kier molecular flexibility index (Phi) is 6.01. The molecule has 4 aromatic rings. The van der Waals surface area contributed by atoms with E-state index in [9.17, 15) is 22.8 Å². The Morgan fingerprint density at radius 3 is 2.35 bits per heavy atom. The van der Waals surface area contributed by atoms with Crippen LogP contribution in [0.2, 0.25) is 0 Å². The number of pyridine rings is 2. The van der Waals surface area contributed by atoms with Crippen LogP contribution in [0.4, 0.5) is 13.2 Å². The third-order valence-corrected chi connectivity index (χ3v) is 5.01. The number of para-hydroxylation sites is 1. The zero-order chi connectivity index (χ0) is 24.5. The van der Waals surface area contributed by atoms with E-state index in [2.05, 4.69) is 25.9 Å². The molecule has 3 heterocycles. The van der Waals surface area contributed by atoms with Crippen molar-refractivity contribution >= 4 is 22.7 Å². The quantitative estimate of drug-likeness (QED) is 0.441.